The molecule has 0 aliphatic heterocycles. The normalized spacial score (nSPS) is 8.56. The van der Waals surface area contributed by atoms with Gasteiger partial charge in [0.05, 0.1) is 6.61 Å². The molecule has 1 N–H and O–H groups in total. The average Bonchev–Trinajstić information content (AvgIpc) is 2.19. The summed E-state index contributed by atoms with van der Waals surface area (Å²) in [6.07, 6.45) is 1.98. The Labute approximate surface area is 117 Å². The predicted molar refractivity (Wildman–Crippen MR) is 63.7 cm³/mol. The van der Waals surface area contributed by atoms with Crippen molar-refractivity contribution in [3.8, 4) is 5.75 Å². The summed E-state index contributed by atoms with van der Waals surface area (Å²) in [6, 6.07) is 6.69. The number of carboxylic acid groups (broad SMARTS) is 1. The molecule has 3 nitrogen and oxygen atoms in total. The molecule has 0 aliphatic rings. The van der Waals surface area contributed by atoms with Crippen LogP contribution in [0.1, 0.15) is 30.1 Å². The Morgan fingerprint density at radius 3 is 2.56 bits per heavy atom. The first kappa shape index (κ1) is 17.9. The first-order valence-corrected chi connectivity index (χ1v) is 4.70. The van der Waals surface area contributed by atoms with Gasteiger partial charge in [-0.15, -0.1) is 0 Å². The molecule has 0 heterocycles. The van der Waals surface area contributed by atoms with Crippen molar-refractivity contribution in [1.82, 2.24) is 0 Å². The van der Waals surface area contributed by atoms with Gasteiger partial charge in [0.25, 0.3) is 0 Å². The van der Waals surface area contributed by atoms with Crippen LogP contribution < -0.4 is 4.74 Å². The molecule has 88 valence electrons. The fraction of sp³-hybridized carbons (Fsp3) is 0.364. The maximum absolute atomic E-state index is 10.8. The van der Waals surface area contributed by atoms with E-state index in [1.165, 1.54) is 0 Å². The van der Waals surface area contributed by atoms with E-state index in [0.717, 1.165) is 12.8 Å². The first-order valence-electron chi connectivity index (χ1n) is 4.70. The number of para-hydroxylation sites is 1. The minimum atomic E-state index is -0.947. The van der Waals surface area contributed by atoms with E-state index in [1.807, 2.05) is 0 Å². The van der Waals surface area contributed by atoms with Crippen molar-refractivity contribution in [2.24, 2.45) is 0 Å². The van der Waals surface area contributed by atoms with Crippen LogP contribution in [0.25, 0.3) is 0 Å². The van der Waals surface area contributed by atoms with E-state index in [1.54, 1.807) is 24.3 Å². The van der Waals surface area contributed by atoms with Gasteiger partial charge in [-0.25, -0.2) is 4.79 Å². The van der Waals surface area contributed by atoms with Gasteiger partial charge in [0, 0.05) is 17.4 Å². The third-order valence-electron chi connectivity index (χ3n) is 1.87. The molecule has 0 radical (unpaired) electrons. The number of aromatic carboxylic acids is 1. The zero-order valence-corrected chi connectivity index (χ0v) is 9.88. The van der Waals surface area contributed by atoms with Gasteiger partial charge in [0.2, 0.25) is 0 Å². The summed E-state index contributed by atoms with van der Waals surface area (Å²) in [5, 5.41) is 8.84. The van der Waals surface area contributed by atoms with Gasteiger partial charge >= 0.3 is 5.97 Å². The van der Waals surface area contributed by atoms with Gasteiger partial charge in [-0.05, 0) is 18.6 Å². The summed E-state index contributed by atoms with van der Waals surface area (Å²) in [7, 11) is 0. The van der Waals surface area contributed by atoms with Crippen molar-refractivity contribution >= 4 is 23.3 Å². The molecule has 0 amide bonds. The molecule has 0 aliphatic carbocycles. The van der Waals surface area contributed by atoms with E-state index in [4.69, 9.17) is 9.84 Å². The molecule has 0 aromatic heterocycles. The summed E-state index contributed by atoms with van der Waals surface area (Å²) < 4.78 is 5.36. The SMILES string of the molecule is CCCCOc1ccccc1C(=O)O.[AlH3].[Cr]. The van der Waals surface area contributed by atoms with Crippen molar-refractivity contribution in [3.05, 3.63) is 29.8 Å². The van der Waals surface area contributed by atoms with Crippen LogP contribution in [0.2, 0.25) is 0 Å². The molecule has 0 unspecified atom stereocenters. The van der Waals surface area contributed by atoms with Crippen molar-refractivity contribution in [2.45, 2.75) is 19.8 Å². The van der Waals surface area contributed by atoms with E-state index in [0.29, 0.717) is 12.4 Å². The van der Waals surface area contributed by atoms with Crippen LogP contribution >= 0.6 is 0 Å². The average molecular weight is 276 g/mol. The van der Waals surface area contributed by atoms with Gasteiger partial charge in [-0.3, -0.25) is 0 Å². The molecule has 0 fully saturated rings. The number of rotatable bonds is 5. The molecule has 0 spiro atoms. The predicted octanol–water partition coefficient (Wildman–Crippen LogP) is 1.38. The minimum absolute atomic E-state index is 0. The standard InChI is InChI=1S/C11H14O3.Al.Cr.3H/c1-2-3-8-14-10-7-5-4-6-9(10)11(12)13;;;;;/h4-7H,2-3,8H2,1H3,(H,12,13);;;;;. The molecule has 1 aromatic carbocycles. The second-order valence-corrected chi connectivity index (χ2v) is 3.00. The number of benzene rings is 1. The molecule has 1 rings (SSSR count). The monoisotopic (exact) mass is 276 g/mol. The van der Waals surface area contributed by atoms with E-state index in [2.05, 4.69) is 6.92 Å². The second-order valence-electron chi connectivity index (χ2n) is 3.00. The maximum atomic E-state index is 10.8. The topological polar surface area (TPSA) is 46.5 Å². The molecule has 0 saturated heterocycles. The molecular weight excluding hydrogens is 259 g/mol. The van der Waals surface area contributed by atoms with Crippen molar-refractivity contribution < 1.29 is 32.0 Å². The van der Waals surface area contributed by atoms with Gasteiger partial charge in [0.15, 0.2) is 17.4 Å². The number of hydrogen-bond donors (Lipinski definition) is 1. The first-order chi connectivity index (χ1) is 6.75. The Bertz CT molecular complexity index is 318. The zero-order chi connectivity index (χ0) is 10.4. The zero-order valence-electron chi connectivity index (χ0n) is 8.60. The summed E-state index contributed by atoms with van der Waals surface area (Å²) in [5.74, 6) is -0.495. The van der Waals surface area contributed by atoms with E-state index in [-0.39, 0.29) is 40.3 Å². The Morgan fingerprint density at radius 1 is 1.38 bits per heavy atom. The van der Waals surface area contributed by atoms with Crippen LogP contribution in [0.5, 0.6) is 5.75 Å². The Hall–Kier alpha value is -0.445. The fourth-order valence-electron chi connectivity index (χ4n) is 1.10. The largest absolute Gasteiger partial charge is 0.493 e. The summed E-state index contributed by atoms with van der Waals surface area (Å²) in [4.78, 5) is 10.8. The van der Waals surface area contributed by atoms with Crippen LogP contribution in [0, 0.1) is 0 Å². The smallest absolute Gasteiger partial charge is 0.339 e. The van der Waals surface area contributed by atoms with Crippen molar-refractivity contribution in [1.29, 1.82) is 0 Å². The fourth-order valence-corrected chi connectivity index (χ4v) is 1.10. The van der Waals surface area contributed by atoms with Crippen molar-refractivity contribution in [2.75, 3.05) is 6.61 Å². The number of carboxylic acids is 1. The molecule has 0 bridgehead atoms. The summed E-state index contributed by atoms with van der Waals surface area (Å²) in [5.41, 5.74) is 0.226. The number of hydrogen-bond acceptors (Lipinski definition) is 2. The van der Waals surface area contributed by atoms with Crippen LogP contribution in [0.15, 0.2) is 24.3 Å². The van der Waals surface area contributed by atoms with Crippen molar-refractivity contribution in [3.63, 3.8) is 0 Å². The minimum Gasteiger partial charge on any atom is -0.493 e. The van der Waals surface area contributed by atoms with Gasteiger partial charge in [-0.1, -0.05) is 25.5 Å². The summed E-state index contributed by atoms with van der Waals surface area (Å²) in [6.45, 7) is 2.63. The molecular formula is C11H17AlCrO3. The second kappa shape index (κ2) is 9.76. The Morgan fingerprint density at radius 2 is 2.00 bits per heavy atom. The third-order valence-corrected chi connectivity index (χ3v) is 1.87. The molecule has 5 heteroatoms. The van der Waals surface area contributed by atoms with Gasteiger partial charge in [0.1, 0.15) is 11.3 Å². The molecule has 16 heavy (non-hydrogen) atoms. The Kier molecular flexibility index (Phi) is 10.9. The van der Waals surface area contributed by atoms with E-state index in [9.17, 15) is 4.79 Å². The van der Waals surface area contributed by atoms with Crippen LogP contribution in [-0.4, -0.2) is 35.0 Å². The molecule has 0 atom stereocenters. The quantitative estimate of drug-likeness (QED) is 0.653. The third kappa shape index (κ3) is 5.59. The Balaban J connectivity index is 0. The van der Waals surface area contributed by atoms with Crippen LogP contribution in [-0.2, 0) is 17.4 Å². The van der Waals surface area contributed by atoms with Crippen LogP contribution in [0.3, 0.4) is 0 Å². The van der Waals surface area contributed by atoms with Crippen LogP contribution in [0.4, 0.5) is 0 Å². The van der Waals surface area contributed by atoms with Gasteiger partial charge in [-0.2, -0.15) is 0 Å². The van der Waals surface area contributed by atoms with E-state index < -0.39 is 5.97 Å². The maximum Gasteiger partial charge on any atom is 0.339 e. The molecule has 0 saturated carbocycles. The summed E-state index contributed by atoms with van der Waals surface area (Å²) >= 11 is 0. The number of unbranched alkanes of at least 4 members (excludes halogenated alkanes) is 1. The van der Waals surface area contributed by atoms with E-state index >= 15 is 0 Å². The van der Waals surface area contributed by atoms with Gasteiger partial charge < -0.3 is 9.84 Å². The number of ether oxygens (including phenoxy) is 1. The molecule has 1 aromatic rings. The number of carbonyl (C=O) groups is 1.